The molecule has 2 heterocycles. The number of carbonyl (C=O) groups is 1. The summed E-state index contributed by atoms with van der Waals surface area (Å²) in [5, 5.41) is 87.7. The first-order valence-electron chi connectivity index (χ1n) is 42.1. The Hall–Kier alpha value is -3.35. The highest BCUT2D eigenvalue weighted by Gasteiger charge is 2.51. The van der Waals surface area contributed by atoms with E-state index in [1.807, 2.05) is 6.08 Å². The molecule has 590 valence electrons. The lowest BCUT2D eigenvalue weighted by molar-refractivity contribution is -0.359. The van der Waals surface area contributed by atoms with Gasteiger partial charge in [-0.3, -0.25) is 4.79 Å². The van der Waals surface area contributed by atoms with Crippen LogP contribution in [0.1, 0.15) is 348 Å². The summed E-state index contributed by atoms with van der Waals surface area (Å²) < 4.78 is 22.9. The van der Waals surface area contributed by atoms with E-state index >= 15 is 0 Å². The van der Waals surface area contributed by atoms with Crippen molar-refractivity contribution in [2.24, 2.45) is 0 Å². The Labute approximate surface area is 623 Å². The van der Waals surface area contributed by atoms with E-state index < -0.39 is 86.8 Å². The van der Waals surface area contributed by atoms with Crippen LogP contribution in [0.25, 0.3) is 0 Å². The van der Waals surface area contributed by atoms with E-state index in [1.54, 1.807) is 6.08 Å². The maximum Gasteiger partial charge on any atom is 0.220 e. The molecule has 2 aliphatic heterocycles. The SMILES string of the molecule is CC/C=C\C/C=C\C/C=C\C/C=C\C/C=C\C/C=C\CCCCCCCCCCCCCCCCCCCCCCCCC(=O)NC(COC1OC(CO)C(OC2OC(CO)C(O)C(O)C2O)C(O)C1O)C(O)/C=C/CC/C=C/CC/C=C/CCCCCCCCCCCCCCCCCCC. The first-order valence-corrected chi connectivity index (χ1v) is 42.1. The molecule has 102 heavy (non-hydrogen) atoms. The van der Waals surface area contributed by atoms with Crippen molar-refractivity contribution in [3.8, 4) is 0 Å². The van der Waals surface area contributed by atoms with Crippen LogP contribution < -0.4 is 5.32 Å². The summed E-state index contributed by atoms with van der Waals surface area (Å²) in [5.41, 5.74) is 0. The van der Waals surface area contributed by atoms with Gasteiger partial charge in [0.25, 0.3) is 0 Å². The lowest BCUT2D eigenvalue weighted by Gasteiger charge is -2.46. The van der Waals surface area contributed by atoms with Crippen LogP contribution in [0.3, 0.4) is 0 Å². The van der Waals surface area contributed by atoms with Crippen LogP contribution in [-0.2, 0) is 23.7 Å². The first kappa shape index (κ1) is 94.7. The molecular weight excluding hydrogens is 1280 g/mol. The van der Waals surface area contributed by atoms with Crippen LogP contribution in [0.5, 0.6) is 0 Å². The van der Waals surface area contributed by atoms with E-state index in [2.05, 4.69) is 116 Å². The monoisotopic (exact) mass is 1430 g/mol. The summed E-state index contributed by atoms with van der Waals surface area (Å²) >= 11 is 0. The number of hydrogen-bond acceptors (Lipinski definition) is 13. The number of carbonyl (C=O) groups excluding carboxylic acids is 1. The van der Waals surface area contributed by atoms with Gasteiger partial charge in [0.1, 0.15) is 48.8 Å². The van der Waals surface area contributed by atoms with Crippen LogP contribution in [0.4, 0.5) is 0 Å². The van der Waals surface area contributed by atoms with E-state index in [0.717, 1.165) is 83.5 Å². The predicted octanol–water partition coefficient (Wildman–Crippen LogP) is 19.8. The fraction of sp³-hybridized carbons (Fsp3) is 0.784. The highest BCUT2D eigenvalue weighted by Crippen LogP contribution is 2.30. The Morgan fingerprint density at radius 2 is 0.686 bits per heavy atom. The summed E-state index contributed by atoms with van der Waals surface area (Å²) in [4.78, 5) is 13.4. The Balaban J connectivity index is 1.59. The van der Waals surface area contributed by atoms with E-state index in [1.165, 1.54) is 231 Å². The molecule has 0 aliphatic carbocycles. The number of amides is 1. The fourth-order valence-electron chi connectivity index (χ4n) is 13.3. The predicted molar refractivity (Wildman–Crippen MR) is 424 cm³/mol. The van der Waals surface area contributed by atoms with Crippen LogP contribution in [-0.4, -0.2) is 140 Å². The van der Waals surface area contributed by atoms with Crippen molar-refractivity contribution >= 4 is 5.91 Å². The third kappa shape index (κ3) is 52.6. The number of aliphatic hydroxyl groups is 8. The maximum atomic E-state index is 13.4. The molecule has 2 rings (SSSR count). The number of allylic oxidation sites excluding steroid dienone is 17. The van der Waals surface area contributed by atoms with Crippen molar-refractivity contribution in [3.63, 3.8) is 0 Å². The molecule has 1 amide bonds. The molecular formula is C88H155NO13. The van der Waals surface area contributed by atoms with E-state index in [4.69, 9.17) is 18.9 Å². The van der Waals surface area contributed by atoms with Gasteiger partial charge in [-0.1, -0.05) is 354 Å². The summed E-state index contributed by atoms with van der Waals surface area (Å²) in [7, 11) is 0. The normalized spacial score (nSPS) is 22.2. The quantitative estimate of drug-likeness (QED) is 0.0204. The number of hydrogen-bond donors (Lipinski definition) is 9. The van der Waals surface area contributed by atoms with Crippen LogP contribution in [0, 0.1) is 0 Å². The summed E-state index contributed by atoms with van der Waals surface area (Å²) in [5.74, 6) is -0.250. The zero-order valence-corrected chi connectivity index (χ0v) is 64.8. The maximum absolute atomic E-state index is 13.4. The average Bonchev–Trinajstić information content (AvgIpc) is 0.790. The second-order valence-corrected chi connectivity index (χ2v) is 29.2. The number of unbranched alkanes of at least 4 members (excludes halogenated alkanes) is 41. The largest absolute Gasteiger partial charge is 0.394 e. The lowest BCUT2D eigenvalue weighted by Crippen LogP contribution is -2.65. The highest BCUT2D eigenvalue weighted by atomic mass is 16.7. The van der Waals surface area contributed by atoms with Crippen LogP contribution >= 0.6 is 0 Å². The molecule has 0 saturated carbocycles. The minimum absolute atomic E-state index is 0.250. The standard InChI is InChI=1S/C88H155NO13/c1-3-5-7-9-11-13-15-17-19-21-23-25-27-29-31-32-33-34-35-36-37-38-39-40-41-42-43-44-46-48-50-52-54-56-58-60-62-64-66-68-70-72-80(93)89-76(75-99-87-85(98)83(96)86(79(74-91)101-87)102-88-84(97)82(95)81(94)78(73-90)100-88)77(92)71-69-67-65-63-61-59-57-55-53-51-49-47-45-30-28-26-24-22-20-18-16-14-12-10-8-6-4-2/h5,7,11,13,17,19,23,25,29,31,33-34,53,55,61,63,69,71,76-79,81-88,90-92,94-98H,3-4,6,8-10,12,14-16,18,20-22,24,26-28,30,32,35-52,54,56-60,62,64-68,70,72-75H2,1-2H3,(H,89,93)/b7-5-,13-11-,19-17-,25-23-,31-29-,34-33-,55-53+,63-61+,71-69+. The smallest absolute Gasteiger partial charge is 0.220 e. The van der Waals surface area contributed by atoms with Gasteiger partial charge in [0.05, 0.1) is 32.0 Å². The Kier molecular flexibility index (Phi) is 65.6. The van der Waals surface area contributed by atoms with Gasteiger partial charge in [-0.05, 0) is 96.3 Å². The van der Waals surface area contributed by atoms with Crippen molar-refractivity contribution in [2.75, 3.05) is 19.8 Å². The van der Waals surface area contributed by atoms with Gasteiger partial charge in [0.2, 0.25) is 5.91 Å². The molecule has 0 aromatic heterocycles. The van der Waals surface area contributed by atoms with Gasteiger partial charge in [0, 0.05) is 6.42 Å². The third-order valence-electron chi connectivity index (χ3n) is 19.9. The zero-order chi connectivity index (χ0) is 73.7. The summed E-state index contributed by atoms with van der Waals surface area (Å²) in [6, 6.07) is -0.944. The first-order chi connectivity index (χ1) is 50.1. The van der Waals surface area contributed by atoms with E-state index in [9.17, 15) is 45.6 Å². The molecule has 9 N–H and O–H groups in total. The van der Waals surface area contributed by atoms with Crippen molar-refractivity contribution in [3.05, 3.63) is 109 Å². The van der Waals surface area contributed by atoms with E-state index in [0.29, 0.717) is 12.8 Å². The van der Waals surface area contributed by atoms with Crippen molar-refractivity contribution in [1.29, 1.82) is 0 Å². The fourth-order valence-corrected chi connectivity index (χ4v) is 13.3. The number of rotatable bonds is 70. The van der Waals surface area contributed by atoms with Gasteiger partial charge >= 0.3 is 0 Å². The van der Waals surface area contributed by atoms with Gasteiger partial charge in [-0.25, -0.2) is 0 Å². The third-order valence-corrected chi connectivity index (χ3v) is 19.9. The van der Waals surface area contributed by atoms with Crippen LogP contribution in [0.15, 0.2) is 109 Å². The molecule has 0 bridgehead atoms. The second-order valence-electron chi connectivity index (χ2n) is 29.2. The van der Waals surface area contributed by atoms with Crippen molar-refractivity contribution in [1.82, 2.24) is 5.32 Å². The molecule has 0 radical (unpaired) electrons. The second kappa shape index (κ2) is 70.6. The van der Waals surface area contributed by atoms with Gasteiger partial charge in [-0.15, -0.1) is 0 Å². The zero-order valence-electron chi connectivity index (χ0n) is 64.8. The minimum Gasteiger partial charge on any atom is -0.394 e. The van der Waals surface area contributed by atoms with Gasteiger partial charge in [0.15, 0.2) is 12.6 Å². The molecule has 12 atom stereocenters. The molecule has 0 spiro atoms. The number of aliphatic hydroxyl groups excluding tert-OH is 8. The molecule has 2 saturated heterocycles. The molecule has 0 aromatic rings. The molecule has 2 aliphatic rings. The molecule has 14 heteroatoms. The van der Waals surface area contributed by atoms with Crippen molar-refractivity contribution < 1.29 is 64.6 Å². The lowest BCUT2D eigenvalue weighted by atomic mass is 9.97. The molecule has 2 fully saturated rings. The Morgan fingerprint density at radius 3 is 1.08 bits per heavy atom. The minimum atomic E-state index is -1.80. The Morgan fingerprint density at radius 1 is 0.363 bits per heavy atom. The summed E-state index contributed by atoms with van der Waals surface area (Å²) in [6.07, 6.45) is 86.2. The van der Waals surface area contributed by atoms with Gasteiger partial charge in [-0.2, -0.15) is 0 Å². The van der Waals surface area contributed by atoms with Crippen LogP contribution in [0.2, 0.25) is 0 Å². The highest BCUT2D eigenvalue weighted by molar-refractivity contribution is 5.76. The van der Waals surface area contributed by atoms with Crippen molar-refractivity contribution in [2.45, 2.75) is 421 Å². The average molecular weight is 1440 g/mol. The Bertz CT molecular complexity index is 2140. The van der Waals surface area contributed by atoms with E-state index in [-0.39, 0.29) is 18.9 Å². The molecule has 0 aromatic carbocycles. The molecule has 12 unspecified atom stereocenters. The topological polar surface area (TPSA) is 228 Å². The number of ether oxygens (including phenoxy) is 4. The van der Waals surface area contributed by atoms with Gasteiger partial charge < -0.3 is 65.1 Å². The molecule has 14 nitrogen and oxygen atoms in total. The summed E-state index contributed by atoms with van der Waals surface area (Å²) in [6.45, 7) is 2.70. The number of nitrogens with one attached hydrogen (secondary N) is 1.